The van der Waals surface area contributed by atoms with E-state index in [4.69, 9.17) is 9.26 Å². The highest BCUT2D eigenvalue weighted by molar-refractivity contribution is 5.97. The van der Waals surface area contributed by atoms with Crippen LogP contribution in [0.15, 0.2) is 28.8 Å². The smallest absolute Gasteiger partial charge is 0.265 e. The summed E-state index contributed by atoms with van der Waals surface area (Å²) in [6, 6.07) is 7.88. The second-order valence-corrected chi connectivity index (χ2v) is 5.79. The Morgan fingerprint density at radius 2 is 2.22 bits per heavy atom. The zero-order valence-corrected chi connectivity index (χ0v) is 13.6. The van der Waals surface area contributed by atoms with Crippen molar-refractivity contribution in [1.29, 1.82) is 0 Å². The van der Waals surface area contributed by atoms with E-state index in [0.29, 0.717) is 13.0 Å². The fraction of sp³-hybridized carbons (Fsp3) is 0.412. The van der Waals surface area contributed by atoms with Crippen LogP contribution in [0.5, 0.6) is 5.75 Å². The summed E-state index contributed by atoms with van der Waals surface area (Å²) in [6.45, 7) is 6.51. The van der Waals surface area contributed by atoms with Gasteiger partial charge in [-0.25, -0.2) is 0 Å². The Morgan fingerprint density at radius 1 is 1.39 bits per heavy atom. The van der Waals surface area contributed by atoms with Crippen molar-refractivity contribution in [3.05, 3.63) is 41.3 Å². The Morgan fingerprint density at radius 3 is 2.91 bits per heavy atom. The van der Waals surface area contributed by atoms with Crippen LogP contribution in [-0.4, -0.2) is 17.2 Å². The molecule has 2 unspecified atom stereocenters. The van der Waals surface area contributed by atoms with Gasteiger partial charge < -0.3 is 19.9 Å². The van der Waals surface area contributed by atoms with Gasteiger partial charge in [-0.15, -0.1) is 0 Å². The van der Waals surface area contributed by atoms with Crippen molar-refractivity contribution in [3.63, 3.8) is 0 Å². The van der Waals surface area contributed by atoms with Gasteiger partial charge in [-0.2, -0.15) is 0 Å². The van der Waals surface area contributed by atoms with Crippen LogP contribution in [-0.2, 0) is 11.3 Å². The maximum Gasteiger partial charge on any atom is 0.265 e. The maximum absolute atomic E-state index is 11.8. The highest BCUT2D eigenvalue weighted by Gasteiger charge is 2.26. The summed E-state index contributed by atoms with van der Waals surface area (Å²) in [5, 5.41) is 10.3. The van der Waals surface area contributed by atoms with Gasteiger partial charge in [0, 0.05) is 18.7 Å². The van der Waals surface area contributed by atoms with Gasteiger partial charge in [0.15, 0.2) is 6.10 Å². The van der Waals surface area contributed by atoms with Crippen LogP contribution in [0.3, 0.4) is 0 Å². The van der Waals surface area contributed by atoms with Crippen molar-refractivity contribution in [2.24, 2.45) is 0 Å². The van der Waals surface area contributed by atoms with Gasteiger partial charge in [-0.1, -0.05) is 18.1 Å². The first kappa shape index (κ1) is 15.6. The van der Waals surface area contributed by atoms with Crippen LogP contribution < -0.4 is 15.4 Å². The SMILES string of the molecule is CCC1Oc2cc(C(C)NCc3cc(C)on3)ccc2NC1=O. The number of nitrogens with zero attached hydrogens (tertiary/aromatic N) is 1. The van der Waals surface area contributed by atoms with E-state index < -0.39 is 6.10 Å². The summed E-state index contributed by atoms with van der Waals surface area (Å²) in [5.74, 6) is 1.44. The number of carbonyl (C=O) groups excluding carboxylic acids is 1. The number of aromatic nitrogens is 1. The fourth-order valence-corrected chi connectivity index (χ4v) is 2.57. The summed E-state index contributed by atoms with van der Waals surface area (Å²) in [7, 11) is 0. The summed E-state index contributed by atoms with van der Waals surface area (Å²) in [5.41, 5.74) is 2.69. The van der Waals surface area contributed by atoms with Crippen molar-refractivity contribution in [2.45, 2.75) is 45.9 Å². The molecule has 2 heterocycles. The van der Waals surface area contributed by atoms with Gasteiger partial charge in [-0.3, -0.25) is 4.79 Å². The molecule has 3 rings (SSSR count). The van der Waals surface area contributed by atoms with Crippen LogP contribution in [0.2, 0.25) is 0 Å². The van der Waals surface area contributed by atoms with E-state index >= 15 is 0 Å². The molecule has 0 spiro atoms. The number of aryl methyl sites for hydroxylation is 1. The molecular weight excluding hydrogens is 294 g/mol. The average Bonchev–Trinajstić information content (AvgIpc) is 2.97. The van der Waals surface area contributed by atoms with Crippen LogP contribution in [0.1, 0.15) is 43.3 Å². The zero-order chi connectivity index (χ0) is 16.4. The lowest BCUT2D eigenvalue weighted by Gasteiger charge is -2.26. The molecule has 1 aliphatic heterocycles. The van der Waals surface area contributed by atoms with Gasteiger partial charge in [0.05, 0.1) is 11.4 Å². The predicted octanol–water partition coefficient (Wildman–Crippen LogP) is 2.94. The van der Waals surface area contributed by atoms with E-state index in [2.05, 4.69) is 22.7 Å². The van der Waals surface area contributed by atoms with Gasteiger partial charge in [0.2, 0.25) is 0 Å². The summed E-state index contributed by atoms with van der Waals surface area (Å²) in [4.78, 5) is 11.8. The van der Waals surface area contributed by atoms with E-state index in [9.17, 15) is 4.79 Å². The molecule has 0 aliphatic carbocycles. The van der Waals surface area contributed by atoms with Crippen molar-refractivity contribution in [1.82, 2.24) is 10.5 Å². The first-order valence-electron chi connectivity index (χ1n) is 7.84. The summed E-state index contributed by atoms with van der Waals surface area (Å²) in [6.07, 6.45) is 0.230. The molecule has 0 radical (unpaired) electrons. The Kier molecular flexibility index (Phi) is 4.34. The third-order valence-corrected chi connectivity index (χ3v) is 3.96. The molecule has 0 saturated carbocycles. The number of ether oxygens (including phenoxy) is 1. The van der Waals surface area contributed by atoms with E-state index in [-0.39, 0.29) is 11.9 Å². The minimum Gasteiger partial charge on any atom is -0.478 e. The Bertz CT molecular complexity index is 711. The molecule has 1 amide bonds. The monoisotopic (exact) mass is 315 g/mol. The maximum atomic E-state index is 11.8. The Balaban J connectivity index is 1.69. The minimum atomic E-state index is -0.417. The first-order valence-corrected chi connectivity index (χ1v) is 7.84. The summed E-state index contributed by atoms with van der Waals surface area (Å²) >= 11 is 0. The van der Waals surface area contributed by atoms with Crippen LogP contribution in [0.25, 0.3) is 0 Å². The lowest BCUT2D eigenvalue weighted by atomic mass is 10.1. The molecule has 122 valence electrons. The molecule has 1 aromatic heterocycles. The molecule has 1 aromatic carbocycles. The Hall–Kier alpha value is -2.34. The van der Waals surface area contributed by atoms with E-state index in [1.54, 1.807) is 0 Å². The van der Waals surface area contributed by atoms with Gasteiger partial charge >= 0.3 is 0 Å². The van der Waals surface area contributed by atoms with Crippen LogP contribution in [0, 0.1) is 6.92 Å². The van der Waals surface area contributed by atoms with Gasteiger partial charge in [-0.05, 0) is 38.0 Å². The number of carbonyl (C=O) groups is 1. The number of hydrogen-bond acceptors (Lipinski definition) is 5. The van der Waals surface area contributed by atoms with Crippen molar-refractivity contribution in [2.75, 3.05) is 5.32 Å². The van der Waals surface area contributed by atoms with Crippen LogP contribution >= 0.6 is 0 Å². The standard InChI is InChI=1S/C17H21N3O3/c1-4-15-17(21)19-14-6-5-12(8-16(14)22-15)11(3)18-9-13-7-10(2)23-20-13/h5-8,11,15,18H,4,9H2,1-3H3,(H,19,21). The lowest BCUT2D eigenvalue weighted by molar-refractivity contribution is -0.123. The molecule has 6 nitrogen and oxygen atoms in total. The summed E-state index contributed by atoms with van der Waals surface area (Å²) < 4.78 is 10.8. The highest BCUT2D eigenvalue weighted by atomic mass is 16.5. The fourth-order valence-electron chi connectivity index (χ4n) is 2.57. The number of amides is 1. The number of hydrogen-bond donors (Lipinski definition) is 2. The second-order valence-electron chi connectivity index (χ2n) is 5.79. The molecule has 2 atom stereocenters. The number of rotatable bonds is 5. The Labute approximate surface area is 135 Å². The molecule has 0 saturated heterocycles. The number of anilines is 1. The zero-order valence-electron chi connectivity index (χ0n) is 13.6. The largest absolute Gasteiger partial charge is 0.478 e. The highest BCUT2D eigenvalue weighted by Crippen LogP contribution is 2.33. The lowest BCUT2D eigenvalue weighted by Crippen LogP contribution is -2.36. The molecule has 6 heteroatoms. The van der Waals surface area contributed by atoms with Crippen molar-refractivity contribution >= 4 is 11.6 Å². The molecule has 23 heavy (non-hydrogen) atoms. The molecule has 1 aliphatic rings. The first-order chi connectivity index (χ1) is 11.1. The quantitative estimate of drug-likeness (QED) is 0.887. The van der Waals surface area contributed by atoms with E-state index in [0.717, 1.165) is 28.5 Å². The third-order valence-electron chi connectivity index (χ3n) is 3.96. The van der Waals surface area contributed by atoms with E-state index in [1.807, 2.05) is 38.1 Å². The molecule has 2 N–H and O–H groups in total. The number of benzene rings is 1. The van der Waals surface area contributed by atoms with Gasteiger partial charge in [0.25, 0.3) is 5.91 Å². The third kappa shape index (κ3) is 3.37. The number of nitrogens with one attached hydrogen (secondary N) is 2. The molecular formula is C17H21N3O3. The van der Waals surface area contributed by atoms with Crippen molar-refractivity contribution < 1.29 is 14.1 Å². The average molecular weight is 315 g/mol. The van der Waals surface area contributed by atoms with Crippen molar-refractivity contribution in [3.8, 4) is 5.75 Å². The molecule has 0 fully saturated rings. The topological polar surface area (TPSA) is 76.4 Å². The molecule has 2 aromatic rings. The number of fused-ring (bicyclic) bond motifs is 1. The van der Waals surface area contributed by atoms with E-state index in [1.165, 1.54) is 0 Å². The second kappa shape index (κ2) is 6.42. The van der Waals surface area contributed by atoms with Crippen LogP contribution in [0.4, 0.5) is 5.69 Å². The normalized spacial score (nSPS) is 18.0. The molecule has 0 bridgehead atoms. The van der Waals surface area contributed by atoms with Gasteiger partial charge in [0.1, 0.15) is 11.5 Å². The predicted molar refractivity (Wildman–Crippen MR) is 86.3 cm³/mol. The minimum absolute atomic E-state index is 0.0830.